The zero-order valence-corrected chi connectivity index (χ0v) is 33.8. The van der Waals surface area contributed by atoms with E-state index in [1.54, 1.807) is 0 Å². The molecule has 11 aromatic rings. The van der Waals surface area contributed by atoms with Gasteiger partial charge in [0.1, 0.15) is 11.2 Å². The molecular weight excluding hydrogens is 703 g/mol. The van der Waals surface area contributed by atoms with Crippen molar-refractivity contribution in [2.45, 2.75) is 41.5 Å². The fourth-order valence-corrected chi connectivity index (χ4v) is 10.5. The highest BCUT2D eigenvalue weighted by molar-refractivity contribution is 6.96. The average Bonchev–Trinajstić information content (AvgIpc) is 3.87. The molecule has 0 spiro atoms. The Balaban J connectivity index is 1.17. The lowest BCUT2D eigenvalue weighted by Gasteiger charge is -2.24. The molecule has 0 atom stereocenters. The van der Waals surface area contributed by atoms with E-state index in [0.29, 0.717) is 0 Å². The predicted octanol–water partition coefficient (Wildman–Crippen LogP) is 12.1. The first-order valence-corrected chi connectivity index (χ1v) is 20.4. The summed E-state index contributed by atoms with van der Waals surface area (Å²) in [5.74, 6) is 0. The summed E-state index contributed by atoms with van der Waals surface area (Å²) in [5, 5.41) is 7.25. The van der Waals surface area contributed by atoms with Gasteiger partial charge in [-0.15, -0.1) is 0 Å². The highest BCUT2D eigenvalue weighted by atomic mass is 16.3. The van der Waals surface area contributed by atoms with Crippen molar-refractivity contribution in [2.75, 3.05) is 0 Å². The van der Waals surface area contributed by atoms with E-state index < -0.39 is 0 Å². The normalized spacial score (nSPS) is 12.0. The van der Waals surface area contributed by atoms with Crippen LogP contribution in [-0.2, 0) is 0 Å². The van der Waals surface area contributed by atoms with Gasteiger partial charge in [0, 0.05) is 43.7 Å². The highest BCUT2D eigenvalue weighted by Crippen LogP contribution is 2.42. The summed E-state index contributed by atoms with van der Waals surface area (Å²) in [7, 11) is 0. The van der Waals surface area contributed by atoms with Crippen molar-refractivity contribution in [3.8, 4) is 11.4 Å². The molecule has 0 N–H and O–H groups in total. The van der Waals surface area contributed by atoms with E-state index in [1.807, 2.05) is 0 Å². The SMILES string of the molecule is Cc1cc(C)c(B(c2ccc3oc4ccc(-n5c6ccccc6c6c5ccc5c7ccccc7n(-c7ccccc7)c56)cc4c3c2)c2c(C)cc(C)cc2C)c(C)c1. The second-order valence-electron chi connectivity index (χ2n) is 16.5. The third-order valence-corrected chi connectivity index (χ3v) is 12.6. The molecule has 8 aromatic carbocycles. The molecule has 0 bridgehead atoms. The van der Waals surface area contributed by atoms with Gasteiger partial charge in [-0.3, -0.25) is 0 Å². The smallest absolute Gasteiger partial charge is 0.242 e. The quantitative estimate of drug-likeness (QED) is 0.161. The van der Waals surface area contributed by atoms with Crippen LogP contribution in [0.15, 0.2) is 156 Å². The zero-order chi connectivity index (χ0) is 39.4. The van der Waals surface area contributed by atoms with Crippen molar-refractivity contribution in [3.63, 3.8) is 0 Å². The number of furan rings is 1. The molecule has 11 rings (SSSR count). The van der Waals surface area contributed by atoms with Gasteiger partial charge in [0.25, 0.3) is 0 Å². The van der Waals surface area contributed by atoms with Crippen molar-refractivity contribution in [1.82, 2.24) is 9.13 Å². The van der Waals surface area contributed by atoms with Crippen molar-refractivity contribution in [3.05, 3.63) is 185 Å². The van der Waals surface area contributed by atoms with Crippen molar-refractivity contribution >= 4 is 88.7 Å². The number of para-hydroxylation sites is 3. The van der Waals surface area contributed by atoms with Crippen LogP contribution in [0.3, 0.4) is 0 Å². The van der Waals surface area contributed by atoms with E-state index in [0.717, 1.165) is 33.3 Å². The minimum Gasteiger partial charge on any atom is -0.456 e. The molecule has 278 valence electrons. The van der Waals surface area contributed by atoms with Crippen LogP contribution in [-0.4, -0.2) is 15.8 Å². The van der Waals surface area contributed by atoms with E-state index in [1.165, 1.54) is 93.4 Å². The molecule has 0 fully saturated rings. The number of aryl methyl sites for hydroxylation is 6. The monoisotopic (exact) mass is 746 g/mol. The summed E-state index contributed by atoms with van der Waals surface area (Å²) in [6, 6.07) is 56.0. The van der Waals surface area contributed by atoms with E-state index in [2.05, 4.69) is 202 Å². The molecule has 0 aliphatic rings. The topological polar surface area (TPSA) is 23.0 Å². The van der Waals surface area contributed by atoms with Gasteiger partial charge in [-0.05, 0) is 96.1 Å². The summed E-state index contributed by atoms with van der Waals surface area (Å²) in [5.41, 5.74) is 20.8. The Labute approximate surface area is 338 Å². The molecule has 0 saturated carbocycles. The maximum atomic E-state index is 6.62. The Morgan fingerprint density at radius 2 is 0.948 bits per heavy atom. The van der Waals surface area contributed by atoms with Crippen LogP contribution in [0.2, 0.25) is 0 Å². The average molecular weight is 747 g/mol. The molecular formula is C54H43BN2O. The lowest BCUT2D eigenvalue weighted by atomic mass is 9.34. The first-order valence-electron chi connectivity index (χ1n) is 20.4. The second kappa shape index (κ2) is 12.9. The minimum atomic E-state index is 0.0786. The van der Waals surface area contributed by atoms with Crippen molar-refractivity contribution < 1.29 is 4.42 Å². The molecule has 3 heterocycles. The van der Waals surface area contributed by atoms with E-state index in [4.69, 9.17) is 4.42 Å². The van der Waals surface area contributed by atoms with Gasteiger partial charge >= 0.3 is 0 Å². The lowest BCUT2D eigenvalue weighted by molar-refractivity contribution is 0.669. The number of aromatic nitrogens is 2. The Morgan fingerprint density at radius 1 is 0.397 bits per heavy atom. The molecule has 0 radical (unpaired) electrons. The Kier molecular flexibility index (Phi) is 7.65. The van der Waals surface area contributed by atoms with Gasteiger partial charge in [-0.25, -0.2) is 0 Å². The zero-order valence-electron chi connectivity index (χ0n) is 33.8. The van der Waals surface area contributed by atoms with Crippen molar-refractivity contribution in [1.29, 1.82) is 0 Å². The molecule has 0 aliphatic heterocycles. The second-order valence-corrected chi connectivity index (χ2v) is 16.5. The number of nitrogens with zero attached hydrogens (tertiary/aromatic N) is 2. The molecule has 0 amide bonds. The Morgan fingerprint density at radius 3 is 1.60 bits per heavy atom. The first-order chi connectivity index (χ1) is 28.2. The maximum absolute atomic E-state index is 6.62. The molecule has 3 aromatic heterocycles. The van der Waals surface area contributed by atoms with Crippen LogP contribution in [0.5, 0.6) is 0 Å². The minimum absolute atomic E-state index is 0.0786. The summed E-state index contributed by atoms with van der Waals surface area (Å²) in [6.07, 6.45) is 0. The third-order valence-electron chi connectivity index (χ3n) is 12.6. The number of hydrogen-bond acceptors (Lipinski definition) is 1. The largest absolute Gasteiger partial charge is 0.456 e. The van der Waals surface area contributed by atoms with Crippen molar-refractivity contribution in [2.24, 2.45) is 0 Å². The number of rotatable bonds is 5. The first kappa shape index (κ1) is 34.5. The van der Waals surface area contributed by atoms with E-state index in [9.17, 15) is 0 Å². The van der Waals surface area contributed by atoms with Crippen LogP contribution in [0.4, 0.5) is 0 Å². The van der Waals surface area contributed by atoms with Gasteiger partial charge < -0.3 is 13.6 Å². The van der Waals surface area contributed by atoms with Gasteiger partial charge in [-0.2, -0.15) is 0 Å². The lowest BCUT2D eigenvalue weighted by Crippen LogP contribution is -2.55. The van der Waals surface area contributed by atoms with Gasteiger partial charge in [-0.1, -0.05) is 147 Å². The fraction of sp³-hybridized carbons (Fsp3) is 0.111. The summed E-state index contributed by atoms with van der Waals surface area (Å²) in [4.78, 5) is 0. The molecule has 3 nitrogen and oxygen atoms in total. The summed E-state index contributed by atoms with van der Waals surface area (Å²) in [6.45, 7) is 13.6. The van der Waals surface area contributed by atoms with Gasteiger partial charge in [0.15, 0.2) is 0 Å². The fourth-order valence-electron chi connectivity index (χ4n) is 10.5. The Bertz CT molecular complexity index is 3370. The third kappa shape index (κ3) is 5.07. The maximum Gasteiger partial charge on any atom is 0.242 e. The van der Waals surface area contributed by atoms with Crippen LogP contribution in [0, 0.1) is 41.5 Å². The highest BCUT2D eigenvalue weighted by Gasteiger charge is 2.29. The molecule has 0 aliphatic carbocycles. The van der Waals surface area contributed by atoms with Crippen LogP contribution >= 0.6 is 0 Å². The summed E-state index contributed by atoms with van der Waals surface area (Å²) >= 11 is 0. The van der Waals surface area contributed by atoms with Crippen LogP contribution in [0.1, 0.15) is 33.4 Å². The van der Waals surface area contributed by atoms with Gasteiger partial charge in [0.05, 0.1) is 22.1 Å². The van der Waals surface area contributed by atoms with E-state index >= 15 is 0 Å². The molecule has 4 heteroatoms. The number of hydrogen-bond donors (Lipinski definition) is 0. The molecule has 0 saturated heterocycles. The van der Waals surface area contributed by atoms with Gasteiger partial charge in [0.2, 0.25) is 6.71 Å². The number of fused-ring (bicyclic) bond motifs is 10. The predicted molar refractivity (Wildman–Crippen MR) is 248 cm³/mol. The molecule has 58 heavy (non-hydrogen) atoms. The van der Waals surface area contributed by atoms with Crippen LogP contribution < -0.4 is 16.4 Å². The van der Waals surface area contributed by atoms with E-state index in [-0.39, 0.29) is 6.71 Å². The standard InChI is InChI=1S/C54H43BN2O/c1-32-26-34(3)52(35(4)27-32)55(53-36(5)28-33(2)29-37(53)6)38-20-24-49-44(30-38)45-31-40(21-25-50(45)58-49)56-47-19-13-11-17-43(47)51-48(56)23-22-42-41-16-10-12-18-46(41)57(54(42)51)39-14-8-7-9-15-39/h7-31H,1-6H3. The van der Waals surface area contributed by atoms with Crippen LogP contribution in [0.25, 0.3) is 76.9 Å². The molecule has 0 unspecified atom stereocenters. The Hall–Kier alpha value is -6.78. The summed E-state index contributed by atoms with van der Waals surface area (Å²) < 4.78 is 11.5. The number of benzene rings is 8.